The maximum atomic E-state index is 12.8. The molecule has 3 amide bonds. The fourth-order valence-corrected chi connectivity index (χ4v) is 3.88. The van der Waals surface area contributed by atoms with Crippen molar-refractivity contribution in [2.75, 3.05) is 10.2 Å². The van der Waals surface area contributed by atoms with Crippen molar-refractivity contribution in [3.05, 3.63) is 125 Å². The van der Waals surface area contributed by atoms with Gasteiger partial charge >= 0.3 is 5.97 Å². The van der Waals surface area contributed by atoms with Gasteiger partial charge in [0.05, 0.1) is 22.4 Å². The van der Waals surface area contributed by atoms with Crippen LogP contribution in [0.1, 0.15) is 47.0 Å². The number of hydrogen-bond acceptors (Lipinski definition) is 5. The minimum atomic E-state index is -0.662. The van der Waals surface area contributed by atoms with E-state index in [-0.39, 0.29) is 22.9 Å². The molecule has 0 fully saturated rings. The molecule has 4 aromatic carbocycles. The molecule has 0 aromatic heterocycles. The summed E-state index contributed by atoms with van der Waals surface area (Å²) in [6, 6.07) is 26.3. The van der Waals surface area contributed by atoms with E-state index < -0.39 is 17.8 Å². The fraction of sp³-hybridized carbons (Fsp3) is 0.0345. The second-order valence-corrected chi connectivity index (χ2v) is 8.28. The molecule has 0 radical (unpaired) electrons. The van der Waals surface area contributed by atoms with Gasteiger partial charge in [0, 0.05) is 11.3 Å². The van der Waals surface area contributed by atoms with Crippen LogP contribution in [-0.2, 0) is 0 Å². The maximum Gasteiger partial charge on any atom is 0.343 e. The van der Waals surface area contributed by atoms with Crippen LogP contribution in [0, 0.1) is 6.92 Å². The summed E-state index contributed by atoms with van der Waals surface area (Å²) in [6.07, 6.45) is 0. The van der Waals surface area contributed by atoms with Crippen LogP contribution in [0.2, 0.25) is 0 Å². The van der Waals surface area contributed by atoms with E-state index in [1.165, 1.54) is 24.3 Å². The first-order valence-corrected chi connectivity index (χ1v) is 11.2. The van der Waals surface area contributed by atoms with E-state index in [1.807, 2.05) is 31.2 Å². The Morgan fingerprint density at radius 1 is 0.722 bits per heavy atom. The molecule has 7 heteroatoms. The van der Waals surface area contributed by atoms with Gasteiger partial charge in [0.1, 0.15) is 5.75 Å². The molecule has 176 valence electrons. The number of ether oxygens (including phenoxy) is 1. The molecule has 1 N–H and O–H groups in total. The topological polar surface area (TPSA) is 92.8 Å². The Kier molecular flexibility index (Phi) is 5.88. The number of benzene rings is 4. The summed E-state index contributed by atoms with van der Waals surface area (Å²) in [7, 11) is 0. The zero-order valence-corrected chi connectivity index (χ0v) is 19.2. The number of nitrogens with one attached hydrogen (secondary N) is 1. The molecule has 1 aliphatic rings. The maximum absolute atomic E-state index is 12.8. The molecule has 36 heavy (non-hydrogen) atoms. The highest BCUT2D eigenvalue weighted by atomic mass is 16.5. The Labute approximate surface area is 206 Å². The predicted octanol–water partition coefficient (Wildman–Crippen LogP) is 5.27. The van der Waals surface area contributed by atoms with Crippen molar-refractivity contribution in [2.24, 2.45) is 0 Å². The SMILES string of the molecule is Cc1ccc(NC(=O)c2ccc(OC(=O)c3cccc(N4C(=O)c5ccccc5C4=O)c3)cc2)cc1. The molecule has 4 aromatic rings. The van der Waals surface area contributed by atoms with Gasteiger partial charge in [0.25, 0.3) is 17.7 Å². The highest BCUT2D eigenvalue weighted by Gasteiger charge is 2.36. The number of amides is 3. The van der Waals surface area contributed by atoms with Gasteiger partial charge in [-0.05, 0) is 73.7 Å². The van der Waals surface area contributed by atoms with Crippen molar-refractivity contribution < 1.29 is 23.9 Å². The first kappa shape index (κ1) is 22.7. The second-order valence-electron chi connectivity index (χ2n) is 8.28. The number of nitrogens with zero attached hydrogens (tertiary/aromatic N) is 1. The van der Waals surface area contributed by atoms with Crippen molar-refractivity contribution in [3.63, 3.8) is 0 Å². The van der Waals surface area contributed by atoms with Crippen molar-refractivity contribution in [1.29, 1.82) is 0 Å². The lowest BCUT2D eigenvalue weighted by molar-refractivity contribution is 0.0733. The first-order valence-electron chi connectivity index (χ1n) is 11.2. The van der Waals surface area contributed by atoms with Crippen LogP contribution in [0.25, 0.3) is 0 Å². The summed E-state index contributed by atoms with van der Waals surface area (Å²) >= 11 is 0. The van der Waals surface area contributed by atoms with Crippen LogP contribution in [0.5, 0.6) is 5.75 Å². The molecule has 0 saturated heterocycles. The van der Waals surface area contributed by atoms with Gasteiger partial charge in [-0.15, -0.1) is 0 Å². The van der Waals surface area contributed by atoms with Crippen molar-refractivity contribution >= 4 is 35.1 Å². The average Bonchev–Trinajstić information content (AvgIpc) is 3.15. The van der Waals surface area contributed by atoms with Crippen LogP contribution < -0.4 is 15.0 Å². The minimum Gasteiger partial charge on any atom is -0.423 e. The number of imide groups is 1. The zero-order chi connectivity index (χ0) is 25.2. The third kappa shape index (κ3) is 4.37. The second kappa shape index (κ2) is 9.31. The molecule has 0 bridgehead atoms. The van der Waals surface area contributed by atoms with Gasteiger partial charge in [0.15, 0.2) is 0 Å². The van der Waals surface area contributed by atoms with E-state index in [1.54, 1.807) is 48.5 Å². The Morgan fingerprint density at radius 3 is 2.00 bits per heavy atom. The largest absolute Gasteiger partial charge is 0.423 e. The van der Waals surface area contributed by atoms with Gasteiger partial charge in [0.2, 0.25) is 0 Å². The molecule has 1 heterocycles. The molecular formula is C29H20N2O5. The predicted molar refractivity (Wildman–Crippen MR) is 135 cm³/mol. The van der Waals surface area contributed by atoms with E-state index in [0.29, 0.717) is 22.4 Å². The number of aryl methyl sites for hydroxylation is 1. The number of carbonyl (C=O) groups excluding carboxylic acids is 4. The number of rotatable bonds is 5. The molecule has 0 aliphatic carbocycles. The lowest BCUT2D eigenvalue weighted by atomic mass is 10.1. The number of carbonyl (C=O) groups is 4. The summed E-state index contributed by atoms with van der Waals surface area (Å²) < 4.78 is 5.44. The quantitative estimate of drug-likeness (QED) is 0.241. The summed E-state index contributed by atoms with van der Waals surface area (Å²) in [6.45, 7) is 1.96. The average molecular weight is 476 g/mol. The minimum absolute atomic E-state index is 0.172. The first-order chi connectivity index (χ1) is 17.4. The molecule has 0 saturated carbocycles. The Balaban J connectivity index is 1.28. The molecular weight excluding hydrogens is 456 g/mol. The highest BCUT2D eigenvalue weighted by Crippen LogP contribution is 2.29. The Hall–Kier alpha value is -5.04. The third-order valence-corrected chi connectivity index (χ3v) is 5.77. The van der Waals surface area contributed by atoms with Crippen LogP contribution in [-0.4, -0.2) is 23.7 Å². The van der Waals surface area contributed by atoms with Gasteiger partial charge in [-0.25, -0.2) is 9.69 Å². The normalized spacial score (nSPS) is 12.3. The smallest absolute Gasteiger partial charge is 0.343 e. The van der Waals surface area contributed by atoms with Crippen molar-refractivity contribution in [2.45, 2.75) is 6.92 Å². The zero-order valence-electron chi connectivity index (χ0n) is 19.2. The van der Waals surface area contributed by atoms with Crippen LogP contribution in [0.4, 0.5) is 11.4 Å². The summed E-state index contributed by atoms with van der Waals surface area (Å²) in [4.78, 5) is 51.8. The monoisotopic (exact) mass is 476 g/mol. The molecule has 1 aliphatic heterocycles. The van der Waals surface area contributed by atoms with E-state index in [0.717, 1.165) is 10.5 Å². The number of hydrogen-bond donors (Lipinski definition) is 1. The Bertz CT molecular complexity index is 1470. The van der Waals surface area contributed by atoms with E-state index >= 15 is 0 Å². The number of esters is 1. The lowest BCUT2D eigenvalue weighted by Gasteiger charge is -2.15. The Morgan fingerprint density at radius 2 is 1.36 bits per heavy atom. The summed E-state index contributed by atoms with van der Waals surface area (Å²) in [5, 5.41) is 2.81. The molecule has 0 spiro atoms. The van der Waals surface area contributed by atoms with Crippen molar-refractivity contribution in [3.8, 4) is 5.75 Å². The van der Waals surface area contributed by atoms with Crippen LogP contribution >= 0.6 is 0 Å². The standard InChI is InChI=1S/C29H20N2O5/c1-18-9-13-21(14-10-18)30-26(32)19-11-15-23(16-12-19)36-29(35)20-5-4-6-22(17-20)31-27(33)24-7-2-3-8-25(24)28(31)34/h2-17H,1H3,(H,30,32). The van der Waals surface area contributed by atoms with Crippen LogP contribution in [0.15, 0.2) is 97.1 Å². The van der Waals surface area contributed by atoms with Gasteiger partial charge in [-0.1, -0.05) is 35.9 Å². The van der Waals surface area contributed by atoms with Gasteiger partial charge in [-0.3, -0.25) is 14.4 Å². The number of fused-ring (bicyclic) bond motifs is 1. The molecule has 5 rings (SSSR count). The summed E-state index contributed by atoms with van der Waals surface area (Å²) in [5.74, 6) is -1.59. The number of anilines is 2. The van der Waals surface area contributed by atoms with E-state index in [2.05, 4.69) is 5.32 Å². The van der Waals surface area contributed by atoms with Crippen molar-refractivity contribution in [1.82, 2.24) is 0 Å². The highest BCUT2D eigenvalue weighted by molar-refractivity contribution is 6.34. The van der Waals surface area contributed by atoms with E-state index in [4.69, 9.17) is 4.74 Å². The van der Waals surface area contributed by atoms with Gasteiger partial charge < -0.3 is 10.1 Å². The van der Waals surface area contributed by atoms with Gasteiger partial charge in [-0.2, -0.15) is 0 Å². The third-order valence-electron chi connectivity index (χ3n) is 5.77. The molecule has 7 nitrogen and oxygen atoms in total. The molecule has 0 atom stereocenters. The van der Waals surface area contributed by atoms with E-state index in [9.17, 15) is 19.2 Å². The fourth-order valence-electron chi connectivity index (χ4n) is 3.88. The molecule has 0 unspecified atom stereocenters. The lowest BCUT2D eigenvalue weighted by Crippen LogP contribution is -2.29. The van der Waals surface area contributed by atoms with Crippen LogP contribution in [0.3, 0.4) is 0 Å². The summed E-state index contributed by atoms with van der Waals surface area (Å²) in [5.41, 5.74) is 3.27.